The molecular formula is C21H26N5O3+. The molecule has 8 heteroatoms. The molecule has 0 aliphatic carbocycles. The van der Waals surface area contributed by atoms with Crippen molar-refractivity contribution < 1.29 is 14.2 Å². The maximum atomic E-state index is 10.8. The van der Waals surface area contributed by atoms with Crippen LogP contribution in [0, 0.1) is 10.1 Å². The molecular weight excluding hydrogens is 370 g/mol. The predicted molar refractivity (Wildman–Crippen MR) is 111 cm³/mol. The largest absolute Gasteiger partial charge is 0.415 e. The molecule has 0 fully saturated rings. The summed E-state index contributed by atoms with van der Waals surface area (Å²) in [6.45, 7) is 5.96. The van der Waals surface area contributed by atoms with Crippen LogP contribution in [-0.2, 0) is 6.54 Å². The average Bonchev–Trinajstić information content (AvgIpc) is 3.22. The third-order valence-corrected chi connectivity index (χ3v) is 5.09. The Kier molecular flexibility index (Phi) is 6.23. The van der Waals surface area contributed by atoms with Crippen LogP contribution in [0.2, 0.25) is 0 Å². The fraction of sp³-hybridized carbons (Fsp3) is 0.333. The summed E-state index contributed by atoms with van der Waals surface area (Å²) in [4.78, 5) is 13.8. The summed E-state index contributed by atoms with van der Waals surface area (Å²) in [5.74, 6) is 0.924. The molecule has 0 saturated heterocycles. The molecule has 0 bridgehead atoms. The topological polar surface area (TPSA) is 89.7 Å². The molecule has 1 unspecified atom stereocenters. The zero-order valence-electron chi connectivity index (χ0n) is 17.1. The third kappa shape index (κ3) is 4.78. The van der Waals surface area contributed by atoms with Gasteiger partial charge in [-0.3, -0.25) is 10.1 Å². The molecule has 2 aromatic carbocycles. The van der Waals surface area contributed by atoms with Gasteiger partial charge in [-0.15, -0.1) is 10.2 Å². The maximum absolute atomic E-state index is 10.8. The van der Waals surface area contributed by atoms with Gasteiger partial charge in [0.05, 0.1) is 11.5 Å². The molecule has 1 heterocycles. The molecule has 0 amide bonds. The maximum Gasteiger partial charge on any atom is 0.274 e. The van der Waals surface area contributed by atoms with Gasteiger partial charge < -0.3 is 14.2 Å². The van der Waals surface area contributed by atoms with Gasteiger partial charge in [0, 0.05) is 43.0 Å². The minimum atomic E-state index is -0.432. The van der Waals surface area contributed by atoms with E-state index in [2.05, 4.69) is 53.2 Å². The van der Waals surface area contributed by atoms with E-state index < -0.39 is 4.92 Å². The highest BCUT2D eigenvalue weighted by molar-refractivity contribution is 5.55. The van der Waals surface area contributed by atoms with E-state index >= 15 is 0 Å². The van der Waals surface area contributed by atoms with Crippen molar-refractivity contribution in [2.75, 3.05) is 25.5 Å². The van der Waals surface area contributed by atoms with E-state index in [1.807, 2.05) is 14.1 Å². The van der Waals surface area contributed by atoms with Crippen molar-refractivity contribution in [3.63, 3.8) is 0 Å². The van der Waals surface area contributed by atoms with Crippen molar-refractivity contribution in [2.24, 2.45) is 0 Å². The number of nitrogens with zero attached hydrogens (tertiary/aromatic N) is 4. The number of aromatic nitrogens is 2. The molecule has 8 nitrogen and oxygen atoms in total. The molecule has 152 valence electrons. The first-order valence-electron chi connectivity index (χ1n) is 9.58. The molecule has 0 aliphatic heterocycles. The molecule has 0 aliphatic rings. The number of anilines is 1. The Hall–Kier alpha value is -3.26. The second-order valence-corrected chi connectivity index (χ2v) is 7.22. The molecule has 1 N–H and O–H groups in total. The van der Waals surface area contributed by atoms with Gasteiger partial charge >= 0.3 is 0 Å². The molecule has 0 spiro atoms. The standard InChI is InChI=1S/C21H25N5O3/c1-5-25(14-16-6-10-18(11-7-16)24(3)4)15(2)20-22-23-21(29-20)17-8-12-19(13-9-17)26(27)28/h6-13,15H,5,14H2,1-4H3/p+1/t15-/m1/s1. The van der Waals surface area contributed by atoms with Crippen molar-refractivity contribution in [1.29, 1.82) is 0 Å². The summed E-state index contributed by atoms with van der Waals surface area (Å²) in [7, 11) is 4.05. The monoisotopic (exact) mass is 396 g/mol. The number of rotatable bonds is 8. The number of hydrogen-bond donors (Lipinski definition) is 1. The highest BCUT2D eigenvalue weighted by Crippen LogP contribution is 2.22. The van der Waals surface area contributed by atoms with E-state index in [9.17, 15) is 10.1 Å². The minimum absolute atomic E-state index is 0.0211. The summed E-state index contributed by atoms with van der Waals surface area (Å²) in [6.07, 6.45) is 0. The number of benzene rings is 2. The molecule has 1 aromatic heterocycles. The normalized spacial score (nSPS) is 13.1. The quantitative estimate of drug-likeness (QED) is 0.465. The van der Waals surface area contributed by atoms with Gasteiger partial charge in [-0.1, -0.05) is 12.1 Å². The summed E-state index contributed by atoms with van der Waals surface area (Å²) < 4.78 is 5.88. The Morgan fingerprint density at radius 1 is 1.10 bits per heavy atom. The van der Waals surface area contributed by atoms with Crippen LogP contribution in [0.1, 0.15) is 31.3 Å². The van der Waals surface area contributed by atoms with E-state index in [0.29, 0.717) is 17.3 Å². The van der Waals surface area contributed by atoms with Gasteiger partial charge in [0.15, 0.2) is 6.04 Å². The van der Waals surface area contributed by atoms with Gasteiger partial charge in [0.25, 0.3) is 11.6 Å². The fourth-order valence-corrected chi connectivity index (χ4v) is 3.18. The van der Waals surface area contributed by atoms with Gasteiger partial charge in [-0.25, -0.2) is 0 Å². The van der Waals surface area contributed by atoms with Gasteiger partial charge in [0.2, 0.25) is 5.89 Å². The second kappa shape index (κ2) is 8.83. The highest BCUT2D eigenvalue weighted by atomic mass is 16.6. The van der Waals surface area contributed by atoms with Crippen LogP contribution in [0.4, 0.5) is 11.4 Å². The third-order valence-electron chi connectivity index (χ3n) is 5.09. The summed E-state index contributed by atoms with van der Waals surface area (Å²) in [6, 6.07) is 14.7. The molecule has 0 radical (unpaired) electrons. The number of quaternary nitrogens is 1. The minimum Gasteiger partial charge on any atom is -0.415 e. The summed E-state index contributed by atoms with van der Waals surface area (Å²) in [5, 5.41) is 19.2. The summed E-state index contributed by atoms with van der Waals surface area (Å²) >= 11 is 0. The van der Waals surface area contributed by atoms with E-state index in [1.54, 1.807) is 12.1 Å². The van der Waals surface area contributed by atoms with Gasteiger partial charge in [-0.2, -0.15) is 0 Å². The Morgan fingerprint density at radius 2 is 1.76 bits per heavy atom. The van der Waals surface area contributed by atoms with E-state index in [1.165, 1.54) is 28.3 Å². The Balaban J connectivity index is 1.72. The average molecular weight is 396 g/mol. The Morgan fingerprint density at radius 3 is 2.31 bits per heavy atom. The number of hydrogen-bond acceptors (Lipinski definition) is 6. The first-order chi connectivity index (χ1) is 13.9. The van der Waals surface area contributed by atoms with E-state index in [-0.39, 0.29) is 11.7 Å². The number of nitrogens with one attached hydrogen (secondary N) is 1. The SMILES string of the molecule is CC[NH+](Cc1ccc(N(C)C)cc1)[C@H](C)c1nnc(-c2ccc([N+](=O)[O-])cc2)o1. The van der Waals surface area contributed by atoms with Crippen LogP contribution in [0.5, 0.6) is 0 Å². The molecule has 2 atom stereocenters. The first-order valence-corrected chi connectivity index (χ1v) is 9.58. The van der Waals surface area contributed by atoms with Crippen molar-refractivity contribution >= 4 is 11.4 Å². The van der Waals surface area contributed by atoms with Gasteiger partial charge in [0.1, 0.15) is 6.54 Å². The fourth-order valence-electron chi connectivity index (χ4n) is 3.18. The Labute approximate surface area is 169 Å². The van der Waals surface area contributed by atoms with Gasteiger partial charge in [-0.05, 0) is 38.1 Å². The predicted octanol–water partition coefficient (Wildman–Crippen LogP) is 2.88. The van der Waals surface area contributed by atoms with Crippen molar-refractivity contribution in [1.82, 2.24) is 10.2 Å². The van der Waals surface area contributed by atoms with Crippen LogP contribution in [0.3, 0.4) is 0 Å². The van der Waals surface area contributed by atoms with Crippen molar-refractivity contribution in [3.05, 3.63) is 70.1 Å². The number of nitro benzene ring substituents is 1. The lowest BCUT2D eigenvalue weighted by Crippen LogP contribution is -3.10. The highest BCUT2D eigenvalue weighted by Gasteiger charge is 2.24. The molecule has 3 aromatic rings. The van der Waals surface area contributed by atoms with Crippen LogP contribution < -0.4 is 9.80 Å². The smallest absolute Gasteiger partial charge is 0.274 e. The van der Waals surface area contributed by atoms with Crippen LogP contribution >= 0.6 is 0 Å². The van der Waals surface area contributed by atoms with Crippen LogP contribution in [-0.4, -0.2) is 35.8 Å². The second-order valence-electron chi connectivity index (χ2n) is 7.22. The zero-order chi connectivity index (χ0) is 21.0. The van der Waals surface area contributed by atoms with Crippen LogP contribution in [0.15, 0.2) is 52.9 Å². The number of non-ortho nitro benzene ring substituents is 1. The zero-order valence-corrected chi connectivity index (χ0v) is 17.1. The number of nitro groups is 1. The molecule has 29 heavy (non-hydrogen) atoms. The van der Waals surface area contributed by atoms with E-state index in [4.69, 9.17) is 4.42 Å². The van der Waals surface area contributed by atoms with Crippen LogP contribution in [0.25, 0.3) is 11.5 Å². The van der Waals surface area contributed by atoms with E-state index in [0.717, 1.165) is 13.1 Å². The van der Waals surface area contributed by atoms with Crippen molar-refractivity contribution in [2.45, 2.75) is 26.4 Å². The lowest BCUT2D eigenvalue weighted by molar-refractivity contribution is -0.942. The molecule has 0 saturated carbocycles. The molecule has 3 rings (SSSR count). The summed E-state index contributed by atoms with van der Waals surface area (Å²) in [5.41, 5.74) is 3.11. The van der Waals surface area contributed by atoms with Crippen molar-refractivity contribution in [3.8, 4) is 11.5 Å². The Bertz CT molecular complexity index is 951. The lowest BCUT2D eigenvalue weighted by Gasteiger charge is -2.22. The first kappa shape index (κ1) is 20.5. The lowest BCUT2D eigenvalue weighted by atomic mass is 10.1.